The second kappa shape index (κ2) is 6.30. The van der Waals surface area contributed by atoms with E-state index in [0.29, 0.717) is 28.5 Å². The highest BCUT2D eigenvalue weighted by atomic mass is 16.7. The molecule has 0 spiro atoms. The van der Waals surface area contributed by atoms with Crippen LogP contribution >= 0.6 is 0 Å². The number of fused-ring (bicyclic) bond motifs is 3. The number of amides is 2. The summed E-state index contributed by atoms with van der Waals surface area (Å²) in [4.78, 5) is 27.5. The number of ether oxygens (including phenoxy) is 2. The highest BCUT2D eigenvalue weighted by Crippen LogP contribution is 2.40. The summed E-state index contributed by atoms with van der Waals surface area (Å²) in [6, 6.07) is 14.5. The third kappa shape index (κ3) is 2.81. The van der Waals surface area contributed by atoms with Gasteiger partial charge in [0.15, 0.2) is 11.5 Å². The van der Waals surface area contributed by atoms with E-state index >= 15 is 0 Å². The third-order valence-corrected chi connectivity index (χ3v) is 5.71. The smallest absolute Gasteiger partial charge is 0.254 e. The monoisotopic (exact) mass is 364 g/mol. The molecule has 6 heteroatoms. The Balaban J connectivity index is 1.32. The Labute approximate surface area is 157 Å². The van der Waals surface area contributed by atoms with E-state index in [0.717, 1.165) is 19.4 Å². The van der Waals surface area contributed by atoms with Crippen molar-refractivity contribution in [1.82, 2.24) is 10.2 Å². The lowest BCUT2D eigenvalue weighted by molar-refractivity contribution is 0.0648. The van der Waals surface area contributed by atoms with Gasteiger partial charge in [0.05, 0.1) is 6.04 Å². The number of nitrogens with zero attached hydrogens (tertiary/aromatic N) is 1. The van der Waals surface area contributed by atoms with Gasteiger partial charge in [0.1, 0.15) is 0 Å². The zero-order chi connectivity index (χ0) is 18.4. The summed E-state index contributed by atoms with van der Waals surface area (Å²) >= 11 is 0. The van der Waals surface area contributed by atoms with Gasteiger partial charge in [0.25, 0.3) is 11.8 Å². The van der Waals surface area contributed by atoms with Crippen molar-refractivity contribution in [3.8, 4) is 11.5 Å². The molecule has 1 N–H and O–H groups in total. The molecule has 3 aliphatic rings. The number of rotatable bonds is 3. The summed E-state index contributed by atoms with van der Waals surface area (Å²) in [6.07, 6.45) is 1.87. The second-order valence-electron chi connectivity index (χ2n) is 7.38. The van der Waals surface area contributed by atoms with E-state index < -0.39 is 0 Å². The topological polar surface area (TPSA) is 67.9 Å². The molecular formula is C21H20N2O4. The van der Waals surface area contributed by atoms with Gasteiger partial charge in [-0.1, -0.05) is 18.2 Å². The number of carbonyl (C=O) groups is 2. The summed E-state index contributed by atoms with van der Waals surface area (Å²) in [6.45, 7) is 0.935. The van der Waals surface area contributed by atoms with E-state index in [1.807, 2.05) is 23.1 Å². The van der Waals surface area contributed by atoms with Crippen molar-refractivity contribution >= 4 is 11.8 Å². The lowest BCUT2D eigenvalue weighted by Crippen LogP contribution is -2.51. The number of likely N-dealkylation sites (tertiary alicyclic amines) is 1. The van der Waals surface area contributed by atoms with Gasteiger partial charge in [0, 0.05) is 23.7 Å². The number of carbonyl (C=O) groups excluding carboxylic acids is 2. The molecule has 27 heavy (non-hydrogen) atoms. The number of nitrogens with one attached hydrogen (secondary N) is 1. The van der Waals surface area contributed by atoms with Crippen LogP contribution in [0.4, 0.5) is 0 Å². The Hall–Kier alpha value is -3.02. The molecule has 0 radical (unpaired) electrons. The molecular weight excluding hydrogens is 344 g/mol. The Morgan fingerprint density at radius 3 is 2.59 bits per heavy atom. The molecule has 2 aromatic rings. The predicted octanol–water partition coefficient (Wildman–Crippen LogP) is 2.45. The second-order valence-corrected chi connectivity index (χ2v) is 7.38. The zero-order valence-electron chi connectivity index (χ0n) is 14.8. The van der Waals surface area contributed by atoms with E-state index in [1.54, 1.807) is 30.3 Å². The van der Waals surface area contributed by atoms with Crippen LogP contribution in [0.3, 0.4) is 0 Å². The lowest BCUT2D eigenvalue weighted by atomic mass is 10.0. The van der Waals surface area contributed by atoms with Crippen molar-refractivity contribution in [3.63, 3.8) is 0 Å². The van der Waals surface area contributed by atoms with Crippen LogP contribution in [-0.2, 0) is 0 Å². The normalized spacial score (nSPS) is 24.9. The SMILES string of the molecule is O=C(NC1CC2CC1N(C(=O)c1ccc3c(c1)OCO3)C2)c1ccccc1. The van der Waals surface area contributed by atoms with Gasteiger partial charge in [-0.15, -0.1) is 0 Å². The molecule has 2 heterocycles. The van der Waals surface area contributed by atoms with Crippen LogP contribution in [-0.4, -0.2) is 42.1 Å². The quantitative estimate of drug-likeness (QED) is 0.908. The first-order valence-corrected chi connectivity index (χ1v) is 9.25. The Kier molecular flexibility index (Phi) is 3.77. The number of hydrogen-bond donors (Lipinski definition) is 1. The summed E-state index contributed by atoms with van der Waals surface area (Å²) in [5, 5.41) is 3.13. The van der Waals surface area contributed by atoms with Crippen molar-refractivity contribution in [1.29, 1.82) is 0 Å². The molecule has 3 atom stereocenters. The van der Waals surface area contributed by atoms with E-state index in [9.17, 15) is 9.59 Å². The molecule has 1 aliphatic carbocycles. The standard InChI is InChI=1S/C21H20N2O4/c24-20(14-4-2-1-3-5-14)22-16-8-13-9-17(16)23(11-13)21(25)15-6-7-18-19(10-15)27-12-26-18/h1-7,10,13,16-17H,8-9,11-12H2,(H,22,24). The van der Waals surface area contributed by atoms with E-state index in [4.69, 9.17) is 9.47 Å². The van der Waals surface area contributed by atoms with Gasteiger partial charge >= 0.3 is 0 Å². The number of piperidine rings is 1. The first-order chi connectivity index (χ1) is 13.2. The average molecular weight is 364 g/mol. The van der Waals surface area contributed by atoms with Gasteiger partial charge in [-0.2, -0.15) is 0 Å². The molecule has 5 rings (SSSR count). The van der Waals surface area contributed by atoms with Crippen LogP contribution in [0.2, 0.25) is 0 Å². The van der Waals surface area contributed by atoms with Crippen LogP contribution in [0.5, 0.6) is 11.5 Å². The van der Waals surface area contributed by atoms with Crippen LogP contribution in [0.15, 0.2) is 48.5 Å². The highest BCUT2D eigenvalue weighted by Gasteiger charge is 2.47. The van der Waals surface area contributed by atoms with Crippen LogP contribution in [0.1, 0.15) is 33.6 Å². The molecule has 1 saturated heterocycles. The van der Waals surface area contributed by atoms with Gasteiger partial charge in [0.2, 0.25) is 6.79 Å². The van der Waals surface area contributed by atoms with Crippen LogP contribution in [0, 0.1) is 5.92 Å². The van der Waals surface area contributed by atoms with E-state index in [1.165, 1.54) is 0 Å². The Morgan fingerprint density at radius 1 is 0.963 bits per heavy atom. The first kappa shape index (κ1) is 16.2. The molecule has 6 nitrogen and oxygen atoms in total. The van der Waals surface area contributed by atoms with Crippen LogP contribution in [0.25, 0.3) is 0 Å². The van der Waals surface area contributed by atoms with E-state index in [2.05, 4.69) is 5.32 Å². The Morgan fingerprint density at radius 2 is 1.78 bits per heavy atom. The molecule has 138 valence electrons. The van der Waals surface area contributed by atoms with Crippen molar-refractivity contribution < 1.29 is 19.1 Å². The molecule has 1 saturated carbocycles. The van der Waals surface area contributed by atoms with Gasteiger partial charge in [-0.3, -0.25) is 9.59 Å². The molecule has 2 amide bonds. The van der Waals surface area contributed by atoms with Crippen molar-refractivity contribution in [3.05, 3.63) is 59.7 Å². The predicted molar refractivity (Wildman–Crippen MR) is 97.8 cm³/mol. The fourth-order valence-electron chi connectivity index (χ4n) is 4.45. The first-order valence-electron chi connectivity index (χ1n) is 9.25. The molecule has 3 unspecified atom stereocenters. The summed E-state index contributed by atoms with van der Waals surface area (Å²) in [7, 11) is 0. The van der Waals surface area contributed by atoms with Crippen LogP contribution < -0.4 is 14.8 Å². The molecule has 2 aromatic carbocycles. The highest BCUT2D eigenvalue weighted by molar-refractivity contribution is 5.96. The largest absolute Gasteiger partial charge is 0.454 e. The number of benzene rings is 2. The van der Waals surface area contributed by atoms with Crippen molar-refractivity contribution in [2.75, 3.05) is 13.3 Å². The zero-order valence-corrected chi connectivity index (χ0v) is 14.8. The average Bonchev–Trinajstić information content (AvgIpc) is 3.42. The fourth-order valence-corrected chi connectivity index (χ4v) is 4.45. The third-order valence-electron chi connectivity index (χ3n) is 5.71. The maximum Gasteiger partial charge on any atom is 0.254 e. The maximum absolute atomic E-state index is 13.1. The fraction of sp³-hybridized carbons (Fsp3) is 0.333. The van der Waals surface area contributed by atoms with Gasteiger partial charge in [-0.05, 0) is 49.1 Å². The molecule has 2 aliphatic heterocycles. The summed E-state index contributed by atoms with van der Waals surface area (Å²) in [5.41, 5.74) is 1.24. The Bertz CT molecular complexity index is 898. The van der Waals surface area contributed by atoms with E-state index in [-0.39, 0.29) is 30.7 Å². The van der Waals surface area contributed by atoms with Crippen molar-refractivity contribution in [2.45, 2.75) is 24.9 Å². The minimum absolute atomic E-state index is 0.00517. The summed E-state index contributed by atoms with van der Waals surface area (Å²) < 4.78 is 10.7. The molecule has 2 bridgehead atoms. The minimum Gasteiger partial charge on any atom is -0.454 e. The van der Waals surface area contributed by atoms with Gasteiger partial charge in [-0.25, -0.2) is 0 Å². The minimum atomic E-state index is -0.0800. The molecule has 2 fully saturated rings. The maximum atomic E-state index is 13.1. The van der Waals surface area contributed by atoms with Gasteiger partial charge < -0.3 is 19.7 Å². The number of hydrogen-bond acceptors (Lipinski definition) is 4. The molecule has 0 aromatic heterocycles. The van der Waals surface area contributed by atoms with Crippen molar-refractivity contribution in [2.24, 2.45) is 5.92 Å². The lowest BCUT2D eigenvalue weighted by Gasteiger charge is -2.33. The summed E-state index contributed by atoms with van der Waals surface area (Å²) in [5.74, 6) is 1.62.